The smallest absolute Gasteiger partial charge is 0.245 e. The van der Waals surface area contributed by atoms with Crippen LogP contribution >= 0.6 is 0 Å². The van der Waals surface area contributed by atoms with Crippen molar-refractivity contribution in [3.8, 4) is 0 Å². The molecule has 258 valence electrons. The normalized spacial score (nSPS) is 15.9. The zero-order chi connectivity index (χ0) is 33.9. The van der Waals surface area contributed by atoms with Crippen LogP contribution in [0.1, 0.15) is 49.7 Å². The van der Waals surface area contributed by atoms with E-state index in [9.17, 15) is 19.2 Å². The summed E-state index contributed by atoms with van der Waals surface area (Å²) in [6, 6.07) is 15.2. The first-order chi connectivity index (χ1) is 22.8. The van der Waals surface area contributed by atoms with Crippen molar-refractivity contribution in [1.82, 2.24) is 26.2 Å². The Hall–Kier alpha value is -3.84. The highest BCUT2D eigenvalue weighted by molar-refractivity contribution is 5.95. The summed E-state index contributed by atoms with van der Waals surface area (Å²) in [5.74, 6) is -1.58. The lowest BCUT2D eigenvalue weighted by molar-refractivity contribution is -0.138. The van der Waals surface area contributed by atoms with E-state index in [4.69, 9.17) is 16.2 Å². The number of benzene rings is 2. The van der Waals surface area contributed by atoms with Crippen LogP contribution in [0, 0.1) is 0 Å². The number of carbonyl (C=O) groups excluding carboxylic acids is 4. The van der Waals surface area contributed by atoms with Gasteiger partial charge in [0.2, 0.25) is 23.6 Å². The third-order valence-electron chi connectivity index (χ3n) is 8.20. The van der Waals surface area contributed by atoms with Crippen LogP contribution < -0.4 is 32.7 Å². The van der Waals surface area contributed by atoms with Crippen molar-refractivity contribution < 1.29 is 23.9 Å². The Kier molecular flexibility index (Phi) is 16.9. The molecule has 0 spiro atoms. The third-order valence-corrected chi connectivity index (χ3v) is 8.20. The summed E-state index contributed by atoms with van der Waals surface area (Å²) < 4.78 is 5.52. The highest BCUT2D eigenvalue weighted by Crippen LogP contribution is 2.11. The van der Waals surface area contributed by atoms with E-state index < -0.39 is 41.9 Å². The Morgan fingerprint density at radius 1 is 0.745 bits per heavy atom. The summed E-state index contributed by atoms with van der Waals surface area (Å²) in [5.41, 5.74) is 13.7. The molecule has 8 N–H and O–H groups in total. The van der Waals surface area contributed by atoms with Gasteiger partial charge in [0.1, 0.15) is 18.1 Å². The number of nitrogens with two attached hydrogens (primary N) is 2. The van der Waals surface area contributed by atoms with Crippen molar-refractivity contribution in [2.45, 2.75) is 75.5 Å². The molecular formula is C35H53N7O5. The maximum Gasteiger partial charge on any atom is 0.245 e. The zero-order valence-corrected chi connectivity index (χ0v) is 27.6. The fourth-order valence-corrected chi connectivity index (χ4v) is 5.53. The van der Waals surface area contributed by atoms with Gasteiger partial charge in [-0.05, 0) is 76.2 Å². The lowest BCUT2D eigenvalue weighted by Crippen LogP contribution is -2.58. The molecule has 12 heteroatoms. The molecule has 0 bridgehead atoms. The number of amides is 4. The fourth-order valence-electron chi connectivity index (χ4n) is 5.53. The molecule has 1 saturated heterocycles. The molecule has 47 heavy (non-hydrogen) atoms. The van der Waals surface area contributed by atoms with Crippen LogP contribution in [0.5, 0.6) is 0 Å². The first kappa shape index (κ1) is 37.6. The maximum absolute atomic E-state index is 13.9. The molecule has 1 aliphatic heterocycles. The molecule has 2 aromatic carbocycles. The molecule has 0 saturated carbocycles. The van der Waals surface area contributed by atoms with E-state index in [0.717, 1.165) is 17.5 Å². The van der Waals surface area contributed by atoms with E-state index in [1.54, 1.807) is 4.90 Å². The molecule has 4 amide bonds. The monoisotopic (exact) mass is 651 g/mol. The minimum absolute atomic E-state index is 0.159. The van der Waals surface area contributed by atoms with Crippen molar-refractivity contribution in [2.24, 2.45) is 11.5 Å². The highest BCUT2D eigenvalue weighted by Gasteiger charge is 2.32. The van der Waals surface area contributed by atoms with Gasteiger partial charge in [0, 0.05) is 26.1 Å². The Morgan fingerprint density at radius 3 is 2.00 bits per heavy atom. The Labute approximate surface area is 278 Å². The van der Waals surface area contributed by atoms with E-state index in [1.807, 2.05) is 67.7 Å². The van der Waals surface area contributed by atoms with Crippen LogP contribution in [0.3, 0.4) is 0 Å². The summed E-state index contributed by atoms with van der Waals surface area (Å²) in [4.78, 5) is 56.2. The quantitative estimate of drug-likeness (QED) is 0.120. The molecule has 0 aliphatic carbocycles. The predicted molar refractivity (Wildman–Crippen MR) is 182 cm³/mol. The summed E-state index contributed by atoms with van der Waals surface area (Å²) >= 11 is 0. The van der Waals surface area contributed by atoms with Crippen LogP contribution in [0.25, 0.3) is 0 Å². The van der Waals surface area contributed by atoms with Crippen molar-refractivity contribution in [1.29, 1.82) is 0 Å². The number of ether oxygens (including phenoxy) is 1. The van der Waals surface area contributed by atoms with E-state index in [-0.39, 0.29) is 12.3 Å². The predicted octanol–water partition coefficient (Wildman–Crippen LogP) is 0.631. The average Bonchev–Trinajstić information content (AvgIpc) is 3.37. The number of nitrogens with one attached hydrogen (secondary N) is 4. The maximum atomic E-state index is 13.9. The van der Waals surface area contributed by atoms with Crippen LogP contribution in [-0.2, 0) is 36.8 Å². The molecule has 4 atom stereocenters. The number of rotatable bonds is 19. The van der Waals surface area contributed by atoms with Crippen molar-refractivity contribution in [3.05, 3.63) is 71.8 Å². The molecular weight excluding hydrogens is 598 g/mol. The van der Waals surface area contributed by atoms with Gasteiger partial charge in [0.15, 0.2) is 0 Å². The average molecular weight is 652 g/mol. The molecule has 2 aromatic rings. The second-order valence-corrected chi connectivity index (χ2v) is 12.0. The lowest BCUT2D eigenvalue weighted by atomic mass is 10.0. The summed E-state index contributed by atoms with van der Waals surface area (Å²) in [7, 11) is 1.84. The van der Waals surface area contributed by atoms with E-state index in [0.29, 0.717) is 77.9 Å². The van der Waals surface area contributed by atoms with E-state index >= 15 is 0 Å². The third kappa shape index (κ3) is 13.4. The summed E-state index contributed by atoms with van der Waals surface area (Å²) in [6.45, 7) is 3.18. The number of hydrogen-bond acceptors (Lipinski definition) is 8. The summed E-state index contributed by atoms with van der Waals surface area (Å²) in [5, 5.41) is 11.8. The van der Waals surface area contributed by atoms with Gasteiger partial charge < -0.3 is 42.4 Å². The highest BCUT2D eigenvalue weighted by atomic mass is 16.5. The van der Waals surface area contributed by atoms with Crippen LogP contribution in [0.4, 0.5) is 0 Å². The second kappa shape index (κ2) is 21.1. The standard InChI is InChI=1S/C35H53N7O5/c1-38-19-10-17-30(35(46)42-20-11-22-47-23-21-42)40-33(44)29(16-8-9-18-36)39-34(45)31(25-27-14-6-3-7-15-27)41-32(43)28(37)24-26-12-4-2-5-13-26/h2-7,12-15,28-31,38H,8-11,16-25,36-37H2,1H3,(H,39,45)(H,40,44)(H,41,43)/t28-,29-,30-,31-/m1/s1. The van der Waals surface area contributed by atoms with E-state index in [1.165, 1.54) is 0 Å². The number of nitrogens with zero attached hydrogens (tertiary/aromatic N) is 1. The van der Waals surface area contributed by atoms with Gasteiger partial charge in [0.25, 0.3) is 0 Å². The number of unbranched alkanes of at least 4 members (excludes halogenated alkanes) is 1. The summed E-state index contributed by atoms with van der Waals surface area (Å²) in [6.07, 6.45) is 3.94. The van der Waals surface area contributed by atoms with Gasteiger partial charge in [-0.1, -0.05) is 60.7 Å². The van der Waals surface area contributed by atoms with Gasteiger partial charge in [-0.25, -0.2) is 0 Å². The topological polar surface area (TPSA) is 181 Å². The fraction of sp³-hybridized carbons (Fsp3) is 0.543. The SMILES string of the molecule is CNCCC[C@@H](NC(=O)[C@@H](CCCCN)NC(=O)[C@@H](Cc1ccccc1)NC(=O)[C@H](N)Cc1ccccc1)C(=O)N1CCCOCC1. The largest absolute Gasteiger partial charge is 0.380 e. The van der Waals surface area contributed by atoms with Crippen molar-refractivity contribution in [2.75, 3.05) is 46.4 Å². The molecule has 0 aromatic heterocycles. The second-order valence-electron chi connectivity index (χ2n) is 12.0. The van der Waals surface area contributed by atoms with Crippen LogP contribution in [0.15, 0.2) is 60.7 Å². The van der Waals surface area contributed by atoms with Crippen molar-refractivity contribution >= 4 is 23.6 Å². The van der Waals surface area contributed by atoms with Crippen molar-refractivity contribution in [3.63, 3.8) is 0 Å². The molecule has 1 heterocycles. The van der Waals surface area contributed by atoms with Gasteiger partial charge in [0.05, 0.1) is 12.6 Å². The molecule has 1 fully saturated rings. The van der Waals surface area contributed by atoms with Gasteiger partial charge in [-0.2, -0.15) is 0 Å². The molecule has 1 aliphatic rings. The Morgan fingerprint density at radius 2 is 1.34 bits per heavy atom. The van der Waals surface area contributed by atoms with Crippen LogP contribution in [-0.4, -0.2) is 99.1 Å². The van der Waals surface area contributed by atoms with Gasteiger partial charge >= 0.3 is 0 Å². The van der Waals surface area contributed by atoms with Crippen LogP contribution in [0.2, 0.25) is 0 Å². The number of carbonyl (C=O) groups is 4. The molecule has 0 radical (unpaired) electrons. The first-order valence-electron chi connectivity index (χ1n) is 16.8. The zero-order valence-electron chi connectivity index (χ0n) is 27.6. The first-order valence-corrected chi connectivity index (χ1v) is 16.8. The van der Waals surface area contributed by atoms with Gasteiger partial charge in [-0.15, -0.1) is 0 Å². The molecule has 12 nitrogen and oxygen atoms in total. The molecule has 3 rings (SSSR count). The minimum atomic E-state index is -0.985. The molecule has 0 unspecified atom stereocenters. The lowest BCUT2D eigenvalue weighted by Gasteiger charge is -2.29. The number of hydrogen-bond donors (Lipinski definition) is 6. The Bertz CT molecular complexity index is 1230. The van der Waals surface area contributed by atoms with E-state index in [2.05, 4.69) is 21.3 Å². The van der Waals surface area contributed by atoms with Gasteiger partial charge in [-0.3, -0.25) is 19.2 Å². The Balaban J connectivity index is 1.77. The minimum Gasteiger partial charge on any atom is -0.380 e.